The summed E-state index contributed by atoms with van der Waals surface area (Å²) in [6.45, 7) is 7.20. The topological polar surface area (TPSA) is 65.1 Å². The van der Waals surface area contributed by atoms with E-state index in [0.29, 0.717) is 19.0 Å². The third-order valence-corrected chi connectivity index (χ3v) is 5.25. The molecule has 1 saturated heterocycles. The first kappa shape index (κ1) is 17.2. The molecule has 1 unspecified atom stereocenters. The molecule has 0 bridgehead atoms. The van der Waals surface area contributed by atoms with Crippen molar-refractivity contribution in [3.05, 3.63) is 35.4 Å². The van der Waals surface area contributed by atoms with Crippen molar-refractivity contribution in [3.63, 3.8) is 0 Å². The molecule has 1 aromatic rings. The van der Waals surface area contributed by atoms with E-state index in [9.17, 15) is 5.11 Å². The molecule has 0 aliphatic carbocycles. The van der Waals surface area contributed by atoms with Crippen molar-refractivity contribution in [2.24, 2.45) is 16.6 Å². The van der Waals surface area contributed by atoms with Gasteiger partial charge in [0, 0.05) is 32.7 Å². The minimum Gasteiger partial charge on any atom is -0.390 e. The number of rotatable bonds is 4. The zero-order valence-electron chi connectivity index (χ0n) is 14.7. The number of β-amino-alcohol motifs (C(OH)–C–C–N with tert-alkyl or cyclic N) is 1. The Morgan fingerprint density at radius 3 is 2.71 bits per heavy atom. The number of nitrogens with zero attached hydrogens (tertiary/aromatic N) is 3. The number of benzene rings is 1. The van der Waals surface area contributed by atoms with Crippen LogP contribution in [0.1, 0.15) is 30.9 Å². The Morgan fingerprint density at radius 2 is 1.96 bits per heavy atom. The van der Waals surface area contributed by atoms with Crippen LogP contribution in [0.25, 0.3) is 0 Å². The van der Waals surface area contributed by atoms with Crippen molar-refractivity contribution >= 4 is 5.96 Å². The predicted molar refractivity (Wildman–Crippen MR) is 97.9 cm³/mol. The fraction of sp³-hybridized carbons (Fsp3) is 0.632. The van der Waals surface area contributed by atoms with Crippen LogP contribution in [-0.2, 0) is 13.0 Å². The van der Waals surface area contributed by atoms with Gasteiger partial charge in [0.15, 0.2) is 5.96 Å². The van der Waals surface area contributed by atoms with E-state index in [1.807, 2.05) is 0 Å². The maximum absolute atomic E-state index is 10.3. The molecule has 3 rings (SSSR count). The first-order chi connectivity index (χ1) is 11.6. The van der Waals surface area contributed by atoms with Gasteiger partial charge in [-0.15, -0.1) is 0 Å². The normalized spacial score (nSPS) is 21.6. The molecule has 1 fully saturated rings. The lowest BCUT2D eigenvalue weighted by Gasteiger charge is -2.31. The van der Waals surface area contributed by atoms with Crippen LogP contribution in [0.5, 0.6) is 0 Å². The second kappa shape index (κ2) is 7.99. The van der Waals surface area contributed by atoms with E-state index in [2.05, 4.69) is 46.0 Å². The molecule has 0 aromatic heterocycles. The third-order valence-electron chi connectivity index (χ3n) is 5.25. The number of fused-ring (bicyclic) bond motifs is 1. The molecule has 5 heteroatoms. The molecule has 0 spiro atoms. The van der Waals surface area contributed by atoms with Gasteiger partial charge in [-0.05, 0) is 36.3 Å². The number of aliphatic hydroxyl groups excluding tert-OH is 1. The second-order valence-corrected chi connectivity index (χ2v) is 7.28. The van der Waals surface area contributed by atoms with E-state index in [1.54, 1.807) is 0 Å². The second-order valence-electron chi connectivity index (χ2n) is 7.28. The van der Waals surface area contributed by atoms with E-state index < -0.39 is 6.10 Å². The highest BCUT2D eigenvalue weighted by molar-refractivity contribution is 5.78. The summed E-state index contributed by atoms with van der Waals surface area (Å²) in [7, 11) is 0. The van der Waals surface area contributed by atoms with Gasteiger partial charge in [0.2, 0.25) is 0 Å². The summed E-state index contributed by atoms with van der Waals surface area (Å²) in [5.41, 5.74) is 8.90. The molecule has 24 heavy (non-hydrogen) atoms. The Balaban J connectivity index is 1.46. The van der Waals surface area contributed by atoms with E-state index in [4.69, 9.17) is 5.73 Å². The Bertz CT molecular complexity index is 566. The Labute approximate surface area is 145 Å². The highest BCUT2D eigenvalue weighted by atomic mass is 16.3. The SMILES string of the molecule is CC1CCN(C(N)=NCC(O)CN2CCc3ccccc3C2)CC1. The zero-order chi connectivity index (χ0) is 16.9. The van der Waals surface area contributed by atoms with Gasteiger partial charge in [-0.2, -0.15) is 0 Å². The summed E-state index contributed by atoms with van der Waals surface area (Å²) in [4.78, 5) is 8.88. The molecule has 0 saturated carbocycles. The molecule has 1 aromatic carbocycles. The van der Waals surface area contributed by atoms with Crippen LogP contribution in [0, 0.1) is 5.92 Å². The lowest BCUT2D eigenvalue weighted by atomic mass is 9.99. The number of likely N-dealkylation sites (tertiary alicyclic amines) is 1. The fourth-order valence-corrected chi connectivity index (χ4v) is 3.60. The van der Waals surface area contributed by atoms with Gasteiger partial charge in [0.25, 0.3) is 0 Å². The van der Waals surface area contributed by atoms with Crippen molar-refractivity contribution < 1.29 is 5.11 Å². The van der Waals surface area contributed by atoms with Gasteiger partial charge < -0.3 is 15.7 Å². The van der Waals surface area contributed by atoms with Crippen LogP contribution in [-0.4, -0.2) is 59.7 Å². The maximum Gasteiger partial charge on any atom is 0.191 e. The number of nitrogens with two attached hydrogens (primary N) is 1. The summed E-state index contributed by atoms with van der Waals surface area (Å²) >= 11 is 0. The lowest BCUT2D eigenvalue weighted by Crippen LogP contribution is -2.43. The van der Waals surface area contributed by atoms with Crippen LogP contribution < -0.4 is 5.73 Å². The molecule has 0 radical (unpaired) electrons. The summed E-state index contributed by atoms with van der Waals surface area (Å²) < 4.78 is 0. The lowest BCUT2D eigenvalue weighted by molar-refractivity contribution is 0.111. The van der Waals surface area contributed by atoms with Gasteiger partial charge in [-0.3, -0.25) is 9.89 Å². The summed E-state index contributed by atoms with van der Waals surface area (Å²) in [6.07, 6.45) is 2.94. The molecule has 5 nitrogen and oxygen atoms in total. The van der Waals surface area contributed by atoms with Gasteiger partial charge in [-0.25, -0.2) is 0 Å². The Kier molecular flexibility index (Phi) is 5.74. The molecule has 2 heterocycles. The first-order valence-corrected chi connectivity index (χ1v) is 9.14. The van der Waals surface area contributed by atoms with Crippen molar-refractivity contribution in [3.8, 4) is 0 Å². The van der Waals surface area contributed by atoms with Crippen LogP contribution >= 0.6 is 0 Å². The number of aliphatic imine (C=N–C) groups is 1. The van der Waals surface area contributed by atoms with Crippen molar-refractivity contribution in [1.29, 1.82) is 0 Å². The molecule has 1 atom stereocenters. The number of guanidine groups is 1. The van der Waals surface area contributed by atoms with E-state index in [1.165, 1.54) is 24.0 Å². The monoisotopic (exact) mass is 330 g/mol. The highest BCUT2D eigenvalue weighted by Crippen LogP contribution is 2.18. The van der Waals surface area contributed by atoms with Gasteiger partial charge in [0.1, 0.15) is 0 Å². The van der Waals surface area contributed by atoms with Crippen LogP contribution in [0.15, 0.2) is 29.3 Å². The summed E-state index contributed by atoms with van der Waals surface area (Å²) in [5.74, 6) is 1.37. The number of piperidine rings is 1. The van der Waals surface area contributed by atoms with E-state index in [0.717, 1.165) is 38.5 Å². The largest absolute Gasteiger partial charge is 0.390 e. The van der Waals surface area contributed by atoms with Gasteiger partial charge >= 0.3 is 0 Å². The molecule has 0 amide bonds. The summed E-state index contributed by atoms with van der Waals surface area (Å²) in [6, 6.07) is 8.57. The average molecular weight is 330 g/mol. The minimum atomic E-state index is -0.461. The van der Waals surface area contributed by atoms with E-state index in [-0.39, 0.29) is 0 Å². The minimum absolute atomic E-state index is 0.385. The maximum atomic E-state index is 10.3. The molecule has 3 N–H and O–H groups in total. The van der Waals surface area contributed by atoms with Crippen molar-refractivity contribution in [2.45, 2.75) is 38.8 Å². The summed E-state index contributed by atoms with van der Waals surface area (Å²) in [5, 5.41) is 10.3. The van der Waals surface area contributed by atoms with Gasteiger partial charge in [0.05, 0.1) is 12.6 Å². The van der Waals surface area contributed by atoms with E-state index >= 15 is 0 Å². The molecular formula is C19H30N4O. The Hall–Kier alpha value is -1.59. The average Bonchev–Trinajstić information content (AvgIpc) is 2.60. The van der Waals surface area contributed by atoms with Crippen molar-refractivity contribution in [2.75, 3.05) is 32.7 Å². The standard InChI is InChI=1S/C19H30N4O/c1-15-6-10-23(11-7-15)19(20)21-12-18(24)14-22-9-8-16-4-2-3-5-17(16)13-22/h2-5,15,18,24H,6-14H2,1H3,(H2,20,21). The highest BCUT2D eigenvalue weighted by Gasteiger charge is 2.19. The molecular weight excluding hydrogens is 300 g/mol. The fourth-order valence-electron chi connectivity index (χ4n) is 3.60. The van der Waals surface area contributed by atoms with Gasteiger partial charge in [-0.1, -0.05) is 31.2 Å². The zero-order valence-corrected chi connectivity index (χ0v) is 14.7. The smallest absolute Gasteiger partial charge is 0.191 e. The quantitative estimate of drug-likeness (QED) is 0.648. The predicted octanol–water partition coefficient (Wildman–Crippen LogP) is 1.45. The Morgan fingerprint density at radius 1 is 1.25 bits per heavy atom. The molecule has 2 aliphatic rings. The van der Waals surface area contributed by atoms with Crippen LogP contribution in [0.3, 0.4) is 0 Å². The molecule has 132 valence electrons. The number of aliphatic hydroxyl groups is 1. The first-order valence-electron chi connectivity index (χ1n) is 9.14. The van der Waals surface area contributed by atoms with Crippen LogP contribution in [0.2, 0.25) is 0 Å². The van der Waals surface area contributed by atoms with Crippen LogP contribution in [0.4, 0.5) is 0 Å². The third kappa shape index (κ3) is 4.48. The number of hydrogen-bond donors (Lipinski definition) is 2. The number of hydrogen-bond acceptors (Lipinski definition) is 3. The van der Waals surface area contributed by atoms with Crippen molar-refractivity contribution in [1.82, 2.24) is 9.80 Å². The molecule has 2 aliphatic heterocycles.